The Balaban J connectivity index is 1.76. The van der Waals surface area contributed by atoms with Gasteiger partial charge in [-0.1, -0.05) is 29.3 Å². The third-order valence-electron chi connectivity index (χ3n) is 4.06. The second kappa shape index (κ2) is 9.37. The molecule has 9 heteroatoms. The molecule has 3 aromatic rings. The molecule has 0 atom stereocenters. The van der Waals surface area contributed by atoms with Crippen LogP contribution in [0.3, 0.4) is 0 Å². The van der Waals surface area contributed by atoms with Crippen molar-refractivity contribution in [2.75, 3.05) is 7.11 Å². The summed E-state index contributed by atoms with van der Waals surface area (Å²) in [5, 5.41) is 9.74. The monoisotopic (exact) mass is 462 g/mol. The molecular weight excluding hydrogens is 447 g/mol. The molecule has 0 bridgehead atoms. The Morgan fingerprint density at radius 2 is 1.73 bits per heavy atom. The first-order chi connectivity index (χ1) is 14.3. The van der Waals surface area contributed by atoms with E-state index < -0.39 is 10.0 Å². The average molecular weight is 463 g/mol. The number of hydrogen-bond acceptors (Lipinski definition) is 5. The van der Waals surface area contributed by atoms with Crippen LogP contribution in [-0.4, -0.2) is 15.5 Å². The van der Waals surface area contributed by atoms with Crippen LogP contribution in [0.15, 0.2) is 65.6 Å². The van der Waals surface area contributed by atoms with Gasteiger partial charge >= 0.3 is 0 Å². The van der Waals surface area contributed by atoms with Crippen molar-refractivity contribution in [3.05, 3.63) is 81.8 Å². The Hall–Kier alpha value is -2.76. The third kappa shape index (κ3) is 5.43. The van der Waals surface area contributed by atoms with Gasteiger partial charge in [0.15, 0.2) is 0 Å². The summed E-state index contributed by atoms with van der Waals surface area (Å²) < 4.78 is 38.3. The molecular formula is C21H16Cl2N2O4S. The molecule has 1 N–H and O–H groups in total. The van der Waals surface area contributed by atoms with Gasteiger partial charge in [0.1, 0.15) is 17.2 Å². The van der Waals surface area contributed by atoms with Gasteiger partial charge in [0, 0.05) is 11.6 Å². The van der Waals surface area contributed by atoms with Gasteiger partial charge in [-0.2, -0.15) is 5.26 Å². The molecule has 0 aliphatic carbocycles. The quantitative estimate of drug-likeness (QED) is 0.524. The van der Waals surface area contributed by atoms with Crippen molar-refractivity contribution in [2.45, 2.75) is 11.4 Å². The van der Waals surface area contributed by atoms with Gasteiger partial charge in [-0.15, -0.1) is 0 Å². The lowest BCUT2D eigenvalue weighted by Gasteiger charge is -2.12. The number of benzene rings is 3. The van der Waals surface area contributed by atoms with Gasteiger partial charge in [-0.25, -0.2) is 13.1 Å². The van der Waals surface area contributed by atoms with Crippen LogP contribution in [-0.2, 0) is 16.6 Å². The van der Waals surface area contributed by atoms with E-state index in [1.165, 1.54) is 31.4 Å². The standard InChI is InChI=1S/C21H16Cl2N2O4S/c1-28-17-3-5-19(6-4-17)30(26,27)25-13-14-2-7-20(23)21(10-14)29-18-9-15(12-24)8-16(22)11-18/h2-11,25H,13H2,1H3. The van der Waals surface area contributed by atoms with E-state index in [1.54, 1.807) is 36.4 Å². The summed E-state index contributed by atoms with van der Waals surface area (Å²) in [7, 11) is -2.21. The second-order valence-electron chi connectivity index (χ2n) is 6.15. The van der Waals surface area contributed by atoms with Crippen LogP contribution >= 0.6 is 23.2 Å². The first-order valence-corrected chi connectivity index (χ1v) is 10.9. The van der Waals surface area contributed by atoms with E-state index in [-0.39, 0.29) is 11.4 Å². The number of nitrogens with zero attached hydrogens (tertiary/aromatic N) is 1. The van der Waals surface area contributed by atoms with E-state index in [0.717, 1.165) is 0 Å². The van der Waals surface area contributed by atoms with Crippen LogP contribution in [0.1, 0.15) is 11.1 Å². The van der Waals surface area contributed by atoms with E-state index in [9.17, 15) is 8.42 Å². The molecule has 0 saturated carbocycles. The van der Waals surface area contributed by atoms with Crippen LogP contribution in [0.5, 0.6) is 17.2 Å². The molecule has 0 heterocycles. The van der Waals surface area contributed by atoms with Crippen LogP contribution in [0.25, 0.3) is 0 Å². The molecule has 0 aliphatic rings. The van der Waals surface area contributed by atoms with Gasteiger partial charge in [-0.05, 0) is 60.2 Å². The molecule has 0 fully saturated rings. The molecule has 0 radical (unpaired) electrons. The van der Waals surface area contributed by atoms with Crippen molar-refractivity contribution in [1.29, 1.82) is 5.26 Å². The van der Waals surface area contributed by atoms with E-state index in [2.05, 4.69) is 4.72 Å². The minimum Gasteiger partial charge on any atom is -0.497 e. The maximum atomic E-state index is 12.5. The molecule has 0 spiro atoms. The highest BCUT2D eigenvalue weighted by Crippen LogP contribution is 2.32. The molecule has 0 unspecified atom stereocenters. The third-order valence-corrected chi connectivity index (χ3v) is 6.01. The summed E-state index contributed by atoms with van der Waals surface area (Å²) >= 11 is 12.2. The predicted octanol–water partition coefficient (Wildman–Crippen LogP) is 5.14. The number of hydrogen-bond donors (Lipinski definition) is 1. The fourth-order valence-corrected chi connectivity index (χ4v) is 3.96. The van der Waals surface area contributed by atoms with E-state index in [1.807, 2.05) is 6.07 Å². The van der Waals surface area contributed by atoms with E-state index >= 15 is 0 Å². The van der Waals surface area contributed by atoms with E-state index in [4.69, 9.17) is 37.9 Å². The van der Waals surface area contributed by atoms with Crippen molar-refractivity contribution in [2.24, 2.45) is 0 Å². The molecule has 30 heavy (non-hydrogen) atoms. The fraction of sp³-hybridized carbons (Fsp3) is 0.0952. The minimum atomic E-state index is -3.71. The highest BCUT2D eigenvalue weighted by molar-refractivity contribution is 7.89. The van der Waals surface area contributed by atoms with E-state index in [0.29, 0.717) is 38.4 Å². The molecule has 0 saturated heterocycles. The number of nitrogens with one attached hydrogen (secondary N) is 1. The maximum absolute atomic E-state index is 12.5. The van der Waals surface area contributed by atoms with Gasteiger partial charge in [0.2, 0.25) is 10.0 Å². The highest BCUT2D eigenvalue weighted by Gasteiger charge is 2.14. The van der Waals surface area contributed by atoms with Gasteiger partial charge in [0.25, 0.3) is 0 Å². The minimum absolute atomic E-state index is 0.0287. The fourth-order valence-electron chi connectivity index (χ4n) is 2.57. The summed E-state index contributed by atoms with van der Waals surface area (Å²) in [6.45, 7) is 0.0287. The van der Waals surface area contributed by atoms with Crippen molar-refractivity contribution >= 4 is 33.2 Å². The van der Waals surface area contributed by atoms with Gasteiger partial charge in [-0.3, -0.25) is 0 Å². The molecule has 6 nitrogen and oxygen atoms in total. The zero-order chi connectivity index (χ0) is 21.7. The highest BCUT2D eigenvalue weighted by atomic mass is 35.5. The number of halogens is 2. The summed E-state index contributed by atoms with van der Waals surface area (Å²) in [6, 6.07) is 17.6. The Kier molecular flexibility index (Phi) is 6.85. The number of ether oxygens (including phenoxy) is 2. The number of sulfonamides is 1. The topological polar surface area (TPSA) is 88.4 Å². The Bertz CT molecular complexity index is 1210. The van der Waals surface area contributed by atoms with Crippen molar-refractivity contribution in [1.82, 2.24) is 4.72 Å². The zero-order valence-electron chi connectivity index (χ0n) is 15.7. The lowest BCUT2D eigenvalue weighted by Crippen LogP contribution is -2.23. The number of methoxy groups -OCH3 is 1. The first-order valence-electron chi connectivity index (χ1n) is 8.61. The number of nitriles is 1. The summed E-state index contributed by atoms with van der Waals surface area (Å²) in [5.41, 5.74) is 0.978. The van der Waals surface area contributed by atoms with Gasteiger partial charge < -0.3 is 9.47 Å². The van der Waals surface area contributed by atoms with Crippen molar-refractivity contribution < 1.29 is 17.9 Å². The molecule has 0 aromatic heterocycles. The normalized spacial score (nSPS) is 11.0. The Morgan fingerprint density at radius 1 is 1.00 bits per heavy atom. The molecule has 0 amide bonds. The number of rotatable bonds is 7. The average Bonchev–Trinajstić information content (AvgIpc) is 2.74. The van der Waals surface area contributed by atoms with Crippen LogP contribution in [0.2, 0.25) is 10.0 Å². The smallest absolute Gasteiger partial charge is 0.240 e. The largest absolute Gasteiger partial charge is 0.497 e. The second-order valence-corrected chi connectivity index (χ2v) is 8.76. The zero-order valence-corrected chi connectivity index (χ0v) is 18.1. The SMILES string of the molecule is COc1ccc(S(=O)(=O)NCc2ccc(Cl)c(Oc3cc(Cl)cc(C#N)c3)c2)cc1. The first kappa shape index (κ1) is 21.9. The Labute approximate surface area is 184 Å². The van der Waals surface area contributed by atoms with Crippen LogP contribution in [0, 0.1) is 11.3 Å². The van der Waals surface area contributed by atoms with Crippen LogP contribution in [0.4, 0.5) is 0 Å². The Morgan fingerprint density at radius 3 is 2.40 bits per heavy atom. The molecule has 3 aromatic carbocycles. The van der Waals surface area contributed by atoms with Crippen molar-refractivity contribution in [3.8, 4) is 23.3 Å². The molecule has 0 aliphatic heterocycles. The van der Waals surface area contributed by atoms with Crippen LogP contribution < -0.4 is 14.2 Å². The van der Waals surface area contributed by atoms with Gasteiger partial charge in [0.05, 0.1) is 28.7 Å². The molecule has 154 valence electrons. The summed E-state index contributed by atoms with van der Waals surface area (Å²) in [4.78, 5) is 0.122. The molecule has 3 rings (SSSR count). The summed E-state index contributed by atoms with van der Waals surface area (Å²) in [5.74, 6) is 1.22. The van der Waals surface area contributed by atoms with Crippen molar-refractivity contribution in [3.63, 3.8) is 0 Å². The lowest BCUT2D eigenvalue weighted by molar-refractivity contribution is 0.414. The summed E-state index contributed by atoms with van der Waals surface area (Å²) in [6.07, 6.45) is 0. The maximum Gasteiger partial charge on any atom is 0.240 e. The predicted molar refractivity (Wildman–Crippen MR) is 115 cm³/mol. The lowest BCUT2D eigenvalue weighted by atomic mass is 10.2.